The molecule has 0 atom stereocenters. The molecule has 0 aliphatic rings. The summed E-state index contributed by atoms with van der Waals surface area (Å²) in [5.74, 6) is -0.446. The lowest BCUT2D eigenvalue weighted by molar-refractivity contribution is -0.153. The van der Waals surface area contributed by atoms with Crippen LogP contribution < -0.4 is 9.47 Å². The van der Waals surface area contributed by atoms with E-state index in [9.17, 15) is 26.4 Å². The van der Waals surface area contributed by atoms with Crippen LogP contribution in [0, 0.1) is 0 Å². The van der Waals surface area contributed by atoms with Crippen LogP contribution in [0.5, 0.6) is 11.5 Å². The molecule has 190 valence electrons. The zero-order chi connectivity index (χ0) is 26.1. The standard InChI is InChI=1S/C24H20F3NO6S2/c1-33-18-7-8-20-19(12-18)16(4-10-22(29)30)13-28(20)36(31,32)23-11-9-21(35-23)15-2-5-17(6-3-15)34-14-24(25,26)27/h2-3,5-9,11-13H,4,10,14H2,1H3,(H,29,30). The second-order valence-electron chi connectivity index (χ2n) is 7.78. The SMILES string of the molecule is COc1ccc2c(c1)c(CCC(=O)O)cn2S(=O)(=O)c1ccc(-c2ccc(OCC(F)(F)F)cc2)s1. The number of carbonyl (C=O) groups is 1. The average molecular weight is 540 g/mol. The summed E-state index contributed by atoms with van der Waals surface area (Å²) < 4.78 is 75.2. The first kappa shape index (κ1) is 25.6. The number of hydrogen-bond acceptors (Lipinski definition) is 6. The molecule has 0 spiro atoms. The Morgan fingerprint density at radius 2 is 1.75 bits per heavy atom. The molecule has 2 aromatic carbocycles. The molecule has 0 bridgehead atoms. The van der Waals surface area contributed by atoms with Crippen LogP contribution in [0.4, 0.5) is 13.2 Å². The Morgan fingerprint density at radius 3 is 2.39 bits per heavy atom. The van der Waals surface area contributed by atoms with Crippen LogP contribution >= 0.6 is 11.3 Å². The highest BCUT2D eigenvalue weighted by Gasteiger charge is 2.28. The normalized spacial score (nSPS) is 12.1. The summed E-state index contributed by atoms with van der Waals surface area (Å²) in [6, 6.07) is 13.8. The van der Waals surface area contributed by atoms with Gasteiger partial charge in [-0.3, -0.25) is 4.79 Å². The van der Waals surface area contributed by atoms with Crippen molar-refractivity contribution in [1.29, 1.82) is 0 Å². The number of thiophene rings is 1. The lowest BCUT2D eigenvalue weighted by Gasteiger charge is -2.09. The molecule has 0 unspecified atom stereocenters. The second kappa shape index (κ2) is 9.86. The third-order valence-electron chi connectivity index (χ3n) is 5.30. The molecule has 12 heteroatoms. The number of alkyl halides is 3. The fourth-order valence-corrected chi connectivity index (χ4v) is 6.40. The highest BCUT2D eigenvalue weighted by atomic mass is 32.2. The molecule has 0 fully saturated rings. The first-order chi connectivity index (χ1) is 17.0. The molecule has 0 aliphatic carbocycles. The smallest absolute Gasteiger partial charge is 0.422 e. The van der Waals surface area contributed by atoms with Gasteiger partial charge in [-0.1, -0.05) is 0 Å². The predicted molar refractivity (Wildman–Crippen MR) is 128 cm³/mol. The van der Waals surface area contributed by atoms with E-state index in [0.717, 1.165) is 15.3 Å². The number of aromatic nitrogens is 1. The van der Waals surface area contributed by atoms with Gasteiger partial charge >= 0.3 is 12.1 Å². The van der Waals surface area contributed by atoms with Crippen LogP contribution in [0.2, 0.25) is 0 Å². The van der Waals surface area contributed by atoms with Crippen molar-refractivity contribution in [3.63, 3.8) is 0 Å². The zero-order valence-corrected chi connectivity index (χ0v) is 20.4. The van der Waals surface area contributed by atoms with Gasteiger partial charge in [0.1, 0.15) is 15.7 Å². The average Bonchev–Trinajstić information content (AvgIpc) is 3.47. The predicted octanol–water partition coefficient (Wildman–Crippen LogP) is 5.57. The summed E-state index contributed by atoms with van der Waals surface area (Å²) in [5.41, 5.74) is 1.56. The van der Waals surface area contributed by atoms with Crippen molar-refractivity contribution in [3.8, 4) is 21.9 Å². The number of methoxy groups -OCH3 is 1. The zero-order valence-electron chi connectivity index (χ0n) is 18.8. The van der Waals surface area contributed by atoms with Crippen LogP contribution in [-0.4, -0.2) is 43.4 Å². The molecule has 1 N–H and O–H groups in total. The van der Waals surface area contributed by atoms with Gasteiger partial charge in [-0.05, 0) is 72.1 Å². The number of rotatable bonds is 9. The summed E-state index contributed by atoms with van der Waals surface area (Å²) in [5, 5.41) is 9.65. The van der Waals surface area contributed by atoms with Crippen LogP contribution in [0.15, 0.2) is 65.0 Å². The van der Waals surface area contributed by atoms with E-state index in [1.807, 2.05) is 0 Å². The quantitative estimate of drug-likeness (QED) is 0.299. The van der Waals surface area contributed by atoms with E-state index >= 15 is 0 Å². The summed E-state index contributed by atoms with van der Waals surface area (Å²) in [6.07, 6.45) is -3.05. The molecule has 0 saturated carbocycles. The molecule has 0 radical (unpaired) electrons. The molecule has 4 aromatic rings. The highest BCUT2D eigenvalue weighted by molar-refractivity contribution is 7.92. The van der Waals surface area contributed by atoms with Gasteiger partial charge in [0, 0.05) is 22.9 Å². The van der Waals surface area contributed by atoms with Crippen molar-refractivity contribution in [2.45, 2.75) is 23.2 Å². The Kier molecular flexibility index (Phi) is 7.01. The summed E-state index contributed by atoms with van der Waals surface area (Å²) in [6.45, 7) is -1.40. The molecule has 4 rings (SSSR count). The van der Waals surface area contributed by atoms with Crippen molar-refractivity contribution < 1.29 is 41.0 Å². The first-order valence-electron chi connectivity index (χ1n) is 10.5. The maximum Gasteiger partial charge on any atom is 0.422 e. The number of carboxylic acids is 1. The molecule has 2 aromatic heterocycles. The number of aliphatic carboxylic acids is 1. The van der Waals surface area contributed by atoms with E-state index in [4.69, 9.17) is 14.6 Å². The van der Waals surface area contributed by atoms with Crippen molar-refractivity contribution in [1.82, 2.24) is 3.97 Å². The van der Waals surface area contributed by atoms with Gasteiger partial charge < -0.3 is 14.6 Å². The fraction of sp³-hybridized carbons (Fsp3) is 0.208. The third kappa shape index (κ3) is 5.49. The van der Waals surface area contributed by atoms with E-state index in [1.54, 1.807) is 36.4 Å². The Labute approximate surface area is 208 Å². The maximum atomic E-state index is 13.5. The lowest BCUT2D eigenvalue weighted by atomic mass is 10.1. The van der Waals surface area contributed by atoms with Crippen LogP contribution in [-0.2, 0) is 21.2 Å². The summed E-state index contributed by atoms with van der Waals surface area (Å²) >= 11 is 1.01. The van der Waals surface area contributed by atoms with Gasteiger partial charge in [0.15, 0.2) is 6.61 Å². The third-order valence-corrected chi connectivity index (χ3v) is 8.58. The minimum Gasteiger partial charge on any atom is -0.497 e. The fourth-order valence-electron chi connectivity index (χ4n) is 3.60. The minimum atomic E-state index is -4.45. The number of nitrogens with zero attached hydrogens (tertiary/aromatic N) is 1. The molecule has 7 nitrogen and oxygen atoms in total. The second-order valence-corrected chi connectivity index (χ2v) is 10.9. The van der Waals surface area contributed by atoms with Gasteiger partial charge in [-0.25, -0.2) is 3.97 Å². The minimum absolute atomic E-state index is 0.0450. The van der Waals surface area contributed by atoms with E-state index in [1.165, 1.54) is 31.5 Å². The van der Waals surface area contributed by atoms with Crippen LogP contribution in [0.3, 0.4) is 0 Å². The van der Waals surface area contributed by atoms with Crippen molar-refractivity contribution in [2.75, 3.05) is 13.7 Å². The van der Waals surface area contributed by atoms with Gasteiger partial charge in [0.25, 0.3) is 10.0 Å². The molecular weight excluding hydrogens is 519 g/mol. The maximum absolute atomic E-state index is 13.5. The summed E-state index contributed by atoms with van der Waals surface area (Å²) in [4.78, 5) is 11.7. The van der Waals surface area contributed by atoms with Gasteiger partial charge in [0.05, 0.1) is 12.6 Å². The molecular formula is C24H20F3NO6S2. The topological polar surface area (TPSA) is 94.8 Å². The van der Waals surface area contributed by atoms with Gasteiger partial charge in [-0.15, -0.1) is 11.3 Å². The Balaban J connectivity index is 1.66. The number of aryl methyl sites for hydroxylation is 1. The molecule has 36 heavy (non-hydrogen) atoms. The Bertz CT molecular complexity index is 1510. The molecule has 0 saturated heterocycles. The van der Waals surface area contributed by atoms with E-state index < -0.39 is 28.8 Å². The van der Waals surface area contributed by atoms with Gasteiger partial charge in [0.2, 0.25) is 0 Å². The number of fused-ring (bicyclic) bond motifs is 1. The molecule has 2 heterocycles. The molecule has 0 aliphatic heterocycles. The largest absolute Gasteiger partial charge is 0.497 e. The van der Waals surface area contributed by atoms with Crippen molar-refractivity contribution >= 4 is 38.2 Å². The molecule has 0 amide bonds. The number of ether oxygens (including phenoxy) is 2. The van der Waals surface area contributed by atoms with E-state index in [2.05, 4.69) is 0 Å². The first-order valence-corrected chi connectivity index (χ1v) is 12.8. The highest BCUT2D eigenvalue weighted by Crippen LogP contribution is 2.35. The van der Waals surface area contributed by atoms with Crippen molar-refractivity contribution in [2.24, 2.45) is 0 Å². The lowest BCUT2D eigenvalue weighted by Crippen LogP contribution is -2.19. The van der Waals surface area contributed by atoms with Crippen LogP contribution in [0.1, 0.15) is 12.0 Å². The van der Waals surface area contributed by atoms with Crippen molar-refractivity contribution in [3.05, 3.63) is 66.4 Å². The van der Waals surface area contributed by atoms with Crippen LogP contribution in [0.25, 0.3) is 21.3 Å². The number of benzene rings is 2. The summed E-state index contributed by atoms with van der Waals surface area (Å²) in [7, 11) is -2.55. The monoisotopic (exact) mass is 539 g/mol. The Hall–Kier alpha value is -3.51. The number of hydrogen-bond donors (Lipinski definition) is 1. The number of carboxylic acid groups (broad SMARTS) is 1. The Morgan fingerprint density at radius 1 is 1.06 bits per heavy atom. The number of halogens is 3. The van der Waals surface area contributed by atoms with Gasteiger partial charge in [-0.2, -0.15) is 21.6 Å². The van der Waals surface area contributed by atoms with E-state index in [-0.39, 0.29) is 22.8 Å². The van der Waals surface area contributed by atoms with E-state index in [0.29, 0.717) is 32.7 Å².